The molecular weight excluding hydrogens is 162 g/mol. The first-order valence-corrected chi connectivity index (χ1v) is 4.25. The minimum Gasteiger partial charge on any atom is -0.330 e. The quantitative estimate of drug-likeness (QED) is 0.694. The Labute approximate surface area is 77.1 Å². The molecule has 0 fully saturated rings. The summed E-state index contributed by atoms with van der Waals surface area (Å²) in [5.41, 5.74) is 1.19. The molecule has 0 radical (unpaired) electrons. The second-order valence-corrected chi connectivity index (χ2v) is 2.97. The van der Waals surface area contributed by atoms with Crippen molar-refractivity contribution < 1.29 is 0 Å². The zero-order chi connectivity index (χ0) is 9.10. The minimum absolute atomic E-state index is 0.302. The van der Waals surface area contributed by atoms with Gasteiger partial charge < -0.3 is 4.57 Å². The van der Waals surface area contributed by atoms with E-state index in [1.807, 2.05) is 24.8 Å². The van der Waals surface area contributed by atoms with Gasteiger partial charge in [-0.2, -0.15) is 0 Å². The summed E-state index contributed by atoms with van der Waals surface area (Å²) in [6, 6.07) is 4.32. The molecule has 0 saturated heterocycles. The van der Waals surface area contributed by atoms with Crippen molar-refractivity contribution in [3.8, 4) is 0 Å². The molecule has 2 rings (SSSR count). The molecular formula is C10H11N3. The molecule has 0 bridgehead atoms. The van der Waals surface area contributed by atoms with Gasteiger partial charge in [0.05, 0.1) is 12.4 Å². The number of nitrogens with zero attached hydrogens (tertiary/aromatic N) is 3. The lowest BCUT2D eigenvalue weighted by Crippen LogP contribution is -2.04. The van der Waals surface area contributed by atoms with Crippen molar-refractivity contribution >= 4 is 0 Å². The lowest BCUT2D eigenvalue weighted by atomic mass is 10.1. The van der Waals surface area contributed by atoms with Crippen molar-refractivity contribution in [2.24, 2.45) is 0 Å². The number of hydrogen-bond acceptors (Lipinski definition) is 2. The molecule has 0 amide bonds. The van der Waals surface area contributed by atoms with E-state index >= 15 is 0 Å². The fourth-order valence-corrected chi connectivity index (χ4v) is 1.29. The number of pyridine rings is 1. The van der Waals surface area contributed by atoms with Gasteiger partial charge in [0, 0.05) is 24.8 Å². The Balaban J connectivity index is 2.29. The van der Waals surface area contributed by atoms with E-state index in [1.54, 1.807) is 12.4 Å². The first kappa shape index (κ1) is 7.98. The molecule has 66 valence electrons. The molecule has 2 heterocycles. The highest BCUT2D eigenvalue weighted by Gasteiger charge is 2.05. The Morgan fingerprint density at radius 2 is 2.23 bits per heavy atom. The SMILES string of the molecule is CC(c1cccnc1)n1ccnc1. The molecule has 0 aliphatic heterocycles. The first-order valence-electron chi connectivity index (χ1n) is 4.25. The predicted octanol–water partition coefficient (Wildman–Crippen LogP) is 1.89. The standard InChI is InChI=1S/C10H11N3/c1-9(13-6-5-12-8-13)10-3-2-4-11-7-10/h2-9H,1H3. The summed E-state index contributed by atoms with van der Waals surface area (Å²) in [5.74, 6) is 0. The van der Waals surface area contributed by atoms with E-state index in [9.17, 15) is 0 Å². The van der Waals surface area contributed by atoms with E-state index in [-0.39, 0.29) is 0 Å². The zero-order valence-corrected chi connectivity index (χ0v) is 7.46. The molecule has 1 unspecified atom stereocenters. The van der Waals surface area contributed by atoms with Crippen LogP contribution in [0.4, 0.5) is 0 Å². The van der Waals surface area contributed by atoms with Gasteiger partial charge in [0.2, 0.25) is 0 Å². The lowest BCUT2D eigenvalue weighted by Gasteiger charge is -2.11. The Morgan fingerprint density at radius 3 is 2.85 bits per heavy atom. The van der Waals surface area contributed by atoms with Crippen LogP contribution in [-0.2, 0) is 0 Å². The largest absolute Gasteiger partial charge is 0.330 e. The molecule has 0 aliphatic rings. The highest BCUT2D eigenvalue weighted by molar-refractivity contribution is 5.14. The van der Waals surface area contributed by atoms with Gasteiger partial charge in [0.15, 0.2) is 0 Å². The highest BCUT2D eigenvalue weighted by atomic mass is 15.0. The van der Waals surface area contributed by atoms with Crippen LogP contribution in [0.5, 0.6) is 0 Å². The maximum absolute atomic E-state index is 4.08. The third kappa shape index (κ3) is 1.59. The normalized spacial score (nSPS) is 12.7. The molecule has 0 aliphatic carbocycles. The number of aromatic nitrogens is 3. The van der Waals surface area contributed by atoms with Crippen molar-refractivity contribution in [1.29, 1.82) is 0 Å². The lowest BCUT2D eigenvalue weighted by molar-refractivity contribution is 0.636. The average molecular weight is 173 g/mol. The van der Waals surface area contributed by atoms with Crippen molar-refractivity contribution in [2.75, 3.05) is 0 Å². The monoisotopic (exact) mass is 173 g/mol. The van der Waals surface area contributed by atoms with Crippen LogP contribution < -0.4 is 0 Å². The number of hydrogen-bond donors (Lipinski definition) is 0. The third-order valence-corrected chi connectivity index (χ3v) is 2.14. The van der Waals surface area contributed by atoms with Crippen LogP contribution in [0, 0.1) is 0 Å². The molecule has 2 aromatic heterocycles. The molecule has 2 aromatic rings. The first-order chi connectivity index (χ1) is 6.38. The van der Waals surface area contributed by atoms with Gasteiger partial charge in [-0.15, -0.1) is 0 Å². The number of rotatable bonds is 2. The van der Waals surface area contributed by atoms with Gasteiger partial charge in [0.25, 0.3) is 0 Å². The van der Waals surface area contributed by atoms with E-state index in [4.69, 9.17) is 0 Å². The summed E-state index contributed by atoms with van der Waals surface area (Å²) in [6.07, 6.45) is 9.22. The highest BCUT2D eigenvalue weighted by Crippen LogP contribution is 2.14. The van der Waals surface area contributed by atoms with Crippen molar-refractivity contribution in [1.82, 2.24) is 14.5 Å². The van der Waals surface area contributed by atoms with Crippen LogP contribution in [0.2, 0.25) is 0 Å². The maximum atomic E-state index is 4.08. The molecule has 3 heteroatoms. The van der Waals surface area contributed by atoms with Gasteiger partial charge in [-0.1, -0.05) is 6.07 Å². The summed E-state index contributed by atoms with van der Waals surface area (Å²) in [4.78, 5) is 8.09. The van der Waals surface area contributed by atoms with Gasteiger partial charge in [0.1, 0.15) is 0 Å². The van der Waals surface area contributed by atoms with Gasteiger partial charge >= 0.3 is 0 Å². The smallest absolute Gasteiger partial charge is 0.0951 e. The fourth-order valence-electron chi connectivity index (χ4n) is 1.29. The van der Waals surface area contributed by atoms with E-state index in [2.05, 4.69) is 27.5 Å². The van der Waals surface area contributed by atoms with E-state index < -0.39 is 0 Å². The summed E-state index contributed by atoms with van der Waals surface area (Å²) in [6.45, 7) is 2.12. The van der Waals surface area contributed by atoms with Crippen LogP contribution >= 0.6 is 0 Å². The Hall–Kier alpha value is -1.64. The van der Waals surface area contributed by atoms with Gasteiger partial charge in [-0.25, -0.2) is 4.98 Å². The van der Waals surface area contributed by atoms with Crippen LogP contribution in [0.3, 0.4) is 0 Å². The molecule has 3 nitrogen and oxygen atoms in total. The second kappa shape index (κ2) is 3.39. The summed E-state index contributed by atoms with van der Waals surface area (Å²) in [7, 11) is 0. The van der Waals surface area contributed by atoms with Gasteiger partial charge in [-0.3, -0.25) is 4.98 Å². The van der Waals surface area contributed by atoms with E-state index in [0.29, 0.717) is 6.04 Å². The Bertz CT molecular complexity index is 353. The zero-order valence-electron chi connectivity index (χ0n) is 7.46. The van der Waals surface area contributed by atoms with Crippen LogP contribution in [0.1, 0.15) is 18.5 Å². The second-order valence-electron chi connectivity index (χ2n) is 2.97. The molecule has 0 saturated carbocycles. The summed E-state index contributed by atoms with van der Waals surface area (Å²) >= 11 is 0. The molecule has 0 N–H and O–H groups in total. The number of imidazole rings is 1. The fraction of sp³-hybridized carbons (Fsp3) is 0.200. The minimum atomic E-state index is 0.302. The maximum Gasteiger partial charge on any atom is 0.0951 e. The third-order valence-electron chi connectivity index (χ3n) is 2.14. The van der Waals surface area contributed by atoms with Crippen molar-refractivity contribution in [2.45, 2.75) is 13.0 Å². The topological polar surface area (TPSA) is 30.7 Å². The van der Waals surface area contributed by atoms with Crippen LogP contribution in [-0.4, -0.2) is 14.5 Å². The van der Waals surface area contributed by atoms with Gasteiger partial charge in [-0.05, 0) is 18.6 Å². The summed E-state index contributed by atoms with van der Waals surface area (Å²) < 4.78 is 2.05. The average Bonchev–Trinajstić information content (AvgIpc) is 2.71. The molecule has 0 spiro atoms. The molecule has 0 aromatic carbocycles. The van der Waals surface area contributed by atoms with Crippen molar-refractivity contribution in [3.63, 3.8) is 0 Å². The van der Waals surface area contributed by atoms with Crippen molar-refractivity contribution in [3.05, 3.63) is 48.8 Å². The summed E-state index contributed by atoms with van der Waals surface area (Å²) in [5, 5.41) is 0. The van der Waals surface area contributed by atoms with E-state index in [1.165, 1.54) is 5.56 Å². The molecule has 13 heavy (non-hydrogen) atoms. The Morgan fingerprint density at radius 1 is 1.31 bits per heavy atom. The molecule has 1 atom stereocenters. The van der Waals surface area contributed by atoms with Crippen LogP contribution in [0.25, 0.3) is 0 Å². The van der Waals surface area contributed by atoms with Crippen LogP contribution in [0.15, 0.2) is 43.2 Å². The Kier molecular flexibility index (Phi) is 2.08. The predicted molar refractivity (Wildman–Crippen MR) is 50.3 cm³/mol. The van der Waals surface area contributed by atoms with E-state index in [0.717, 1.165) is 0 Å².